The summed E-state index contributed by atoms with van der Waals surface area (Å²) in [6.07, 6.45) is 0.830. The van der Waals surface area contributed by atoms with Crippen LogP contribution in [0, 0.1) is 5.82 Å². The molecule has 33 heavy (non-hydrogen) atoms. The molecule has 2 aliphatic heterocycles. The number of hydrogen-bond donors (Lipinski definition) is 2. The molecule has 0 aliphatic carbocycles. The Kier molecular flexibility index (Phi) is 5.55. The second-order valence-electron chi connectivity index (χ2n) is 7.96. The molecular formula is C23H22FN3O5S. The SMILES string of the molecule is O=C1CN(c2c(OCc3ccccc3)cc3ccc(O[C@H]4CCNC4)cc3c2F)S(=O)(=O)N1. The molecule has 2 aliphatic rings. The number of amides is 1. The van der Waals surface area contributed by atoms with Crippen molar-refractivity contribution in [2.75, 3.05) is 23.9 Å². The van der Waals surface area contributed by atoms with Crippen LogP contribution in [0.25, 0.3) is 10.8 Å². The van der Waals surface area contributed by atoms with E-state index in [9.17, 15) is 13.2 Å². The molecule has 0 unspecified atom stereocenters. The Morgan fingerprint density at radius 2 is 1.94 bits per heavy atom. The molecule has 172 valence electrons. The standard InChI is InChI=1S/C23H22FN3O5S/c24-22-19-11-17(32-18-8-9-25-12-18)7-6-16(19)10-20(31-14-15-4-2-1-3-5-15)23(22)27-13-21(28)26-33(27,29)30/h1-7,10-11,18,25H,8-9,12-14H2,(H,26,28)/t18-/m0/s1. The highest BCUT2D eigenvalue weighted by Gasteiger charge is 2.38. The molecule has 0 spiro atoms. The minimum Gasteiger partial charge on any atom is -0.489 e. The van der Waals surface area contributed by atoms with E-state index in [1.807, 2.05) is 35.1 Å². The Balaban J connectivity index is 1.58. The molecule has 3 aromatic rings. The van der Waals surface area contributed by atoms with E-state index < -0.39 is 28.5 Å². The Bertz CT molecular complexity index is 1310. The van der Waals surface area contributed by atoms with Crippen LogP contribution < -0.4 is 23.8 Å². The third kappa shape index (κ3) is 4.31. The smallest absolute Gasteiger partial charge is 0.326 e. The fourth-order valence-corrected chi connectivity index (χ4v) is 5.17. The van der Waals surface area contributed by atoms with Crippen LogP contribution in [0.4, 0.5) is 10.1 Å². The van der Waals surface area contributed by atoms with Crippen LogP contribution in [0.15, 0.2) is 54.6 Å². The van der Waals surface area contributed by atoms with Gasteiger partial charge in [0.1, 0.15) is 36.4 Å². The summed E-state index contributed by atoms with van der Waals surface area (Å²) in [4.78, 5) is 11.8. The maximum Gasteiger partial charge on any atom is 0.326 e. The van der Waals surface area contributed by atoms with Crippen molar-refractivity contribution >= 4 is 32.6 Å². The van der Waals surface area contributed by atoms with Crippen LogP contribution in [0.5, 0.6) is 11.5 Å². The van der Waals surface area contributed by atoms with Crippen molar-refractivity contribution < 1.29 is 27.1 Å². The van der Waals surface area contributed by atoms with Crippen molar-refractivity contribution in [3.05, 3.63) is 66.0 Å². The molecule has 2 N–H and O–H groups in total. The van der Waals surface area contributed by atoms with Gasteiger partial charge in [-0.15, -0.1) is 0 Å². The van der Waals surface area contributed by atoms with Gasteiger partial charge in [-0.3, -0.25) is 4.79 Å². The fraction of sp³-hybridized carbons (Fsp3) is 0.261. The van der Waals surface area contributed by atoms with Gasteiger partial charge in [0.05, 0.1) is 0 Å². The molecule has 8 nitrogen and oxygen atoms in total. The van der Waals surface area contributed by atoms with Crippen LogP contribution in [0.2, 0.25) is 0 Å². The number of nitrogens with zero attached hydrogens (tertiary/aromatic N) is 1. The van der Waals surface area contributed by atoms with Gasteiger partial charge in [-0.1, -0.05) is 36.4 Å². The van der Waals surface area contributed by atoms with Crippen molar-refractivity contribution in [1.82, 2.24) is 10.0 Å². The van der Waals surface area contributed by atoms with Crippen molar-refractivity contribution in [3.63, 3.8) is 0 Å². The Morgan fingerprint density at radius 3 is 2.64 bits per heavy atom. The van der Waals surface area contributed by atoms with Crippen LogP contribution in [0.3, 0.4) is 0 Å². The van der Waals surface area contributed by atoms with E-state index in [0.717, 1.165) is 18.5 Å². The second kappa shape index (κ2) is 8.53. The first-order valence-electron chi connectivity index (χ1n) is 10.5. The Morgan fingerprint density at radius 1 is 1.12 bits per heavy atom. The summed E-state index contributed by atoms with van der Waals surface area (Å²) >= 11 is 0. The molecular weight excluding hydrogens is 449 g/mol. The largest absolute Gasteiger partial charge is 0.489 e. The van der Waals surface area contributed by atoms with Crippen LogP contribution in [-0.2, 0) is 21.6 Å². The van der Waals surface area contributed by atoms with Gasteiger partial charge in [0.15, 0.2) is 5.82 Å². The van der Waals surface area contributed by atoms with Crippen LogP contribution >= 0.6 is 0 Å². The normalized spacial score (nSPS) is 19.6. The molecule has 2 heterocycles. The summed E-state index contributed by atoms with van der Waals surface area (Å²) in [5, 5.41) is 3.90. The highest BCUT2D eigenvalue weighted by molar-refractivity contribution is 7.92. The van der Waals surface area contributed by atoms with Gasteiger partial charge in [-0.05, 0) is 42.1 Å². The number of anilines is 1. The average Bonchev–Trinajstić information content (AvgIpc) is 3.40. The lowest BCUT2D eigenvalue weighted by atomic mass is 10.1. The minimum absolute atomic E-state index is 0.0146. The summed E-state index contributed by atoms with van der Waals surface area (Å²) in [7, 11) is -4.24. The quantitative estimate of drug-likeness (QED) is 0.574. The lowest BCUT2D eigenvalue weighted by molar-refractivity contribution is -0.117. The highest BCUT2D eigenvalue weighted by atomic mass is 32.2. The lowest BCUT2D eigenvalue weighted by Gasteiger charge is -2.21. The molecule has 2 fully saturated rings. The fourth-order valence-electron chi connectivity index (χ4n) is 4.01. The second-order valence-corrected chi connectivity index (χ2v) is 9.56. The third-order valence-corrected chi connectivity index (χ3v) is 6.99. The first kappa shape index (κ1) is 21.5. The van der Waals surface area contributed by atoms with Gasteiger partial charge in [0, 0.05) is 11.9 Å². The molecule has 0 bridgehead atoms. The molecule has 1 amide bonds. The number of hydrogen-bond acceptors (Lipinski definition) is 6. The van der Waals surface area contributed by atoms with Crippen LogP contribution in [-0.4, -0.2) is 40.1 Å². The molecule has 10 heteroatoms. The topological polar surface area (TPSA) is 97.0 Å². The van der Waals surface area contributed by atoms with Crippen molar-refractivity contribution in [3.8, 4) is 11.5 Å². The number of nitrogens with one attached hydrogen (secondary N) is 2. The minimum atomic E-state index is -4.24. The van der Waals surface area contributed by atoms with E-state index in [1.165, 1.54) is 0 Å². The van der Waals surface area contributed by atoms with Gasteiger partial charge in [0.25, 0.3) is 5.91 Å². The third-order valence-electron chi connectivity index (χ3n) is 5.61. The zero-order valence-electron chi connectivity index (χ0n) is 17.6. The van der Waals surface area contributed by atoms with Crippen LogP contribution in [0.1, 0.15) is 12.0 Å². The molecule has 0 radical (unpaired) electrons. The van der Waals surface area contributed by atoms with Gasteiger partial charge in [0.2, 0.25) is 0 Å². The number of ether oxygens (including phenoxy) is 2. The lowest BCUT2D eigenvalue weighted by Crippen LogP contribution is -2.30. The van der Waals surface area contributed by atoms with E-state index in [-0.39, 0.29) is 29.5 Å². The van der Waals surface area contributed by atoms with E-state index in [0.29, 0.717) is 22.0 Å². The van der Waals surface area contributed by atoms with Gasteiger partial charge in [-0.2, -0.15) is 8.42 Å². The summed E-state index contributed by atoms with van der Waals surface area (Å²) in [5.41, 5.74) is 0.521. The number of benzene rings is 3. The maximum atomic E-state index is 15.9. The van der Waals surface area contributed by atoms with Gasteiger partial charge >= 0.3 is 10.2 Å². The number of rotatable bonds is 6. The zero-order valence-corrected chi connectivity index (χ0v) is 18.4. The van der Waals surface area contributed by atoms with Crippen molar-refractivity contribution in [2.24, 2.45) is 0 Å². The van der Waals surface area contributed by atoms with Gasteiger partial charge < -0.3 is 14.8 Å². The Labute approximate surface area is 190 Å². The van der Waals surface area contributed by atoms with E-state index in [1.54, 1.807) is 24.3 Å². The molecule has 0 saturated carbocycles. The predicted molar refractivity (Wildman–Crippen MR) is 121 cm³/mol. The molecule has 2 saturated heterocycles. The number of carbonyl (C=O) groups excluding carboxylic acids is 1. The average molecular weight is 472 g/mol. The van der Waals surface area contributed by atoms with Crippen molar-refractivity contribution in [2.45, 2.75) is 19.1 Å². The first-order chi connectivity index (χ1) is 15.9. The molecule has 3 aromatic carbocycles. The predicted octanol–water partition coefficient (Wildman–Crippen LogP) is 2.48. The molecule has 0 aromatic heterocycles. The molecule has 1 atom stereocenters. The summed E-state index contributed by atoms with van der Waals surface area (Å²) in [5.74, 6) is -1.03. The first-order valence-corrected chi connectivity index (χ1v) is 12.0. The monoisotopic (exact) mass is 471 g/mol. The summed E-state index contributed by atoms with van der Waals surface area (Å²) in [6.45, 7) is 1.13. The summed E-state index contributed by atoms with van der Waals surface area (Å²) in [6, 6.07) is 15.8. The molecule has 5 rings (SSSR count). The van der Waals surface area contributed by atoms with E-state index in [4.69, 9.17) is 9.47 Å². The maximum absolute atomic E-state index is 15.9. The Hall–Kier alpha value is -3.37. The highest BCUT2D eigenvalue weighted by Crippen LogP contribution is 2.40. The van der Waals surface area contributed by atoms with Gasteiger partial charge in [-0.25, -0.2) is 13.4 Å². The number of fused-ring (bicyclic) bond motifs is 1. The van der Waals surface area contributed by atoms with Crippen molar-refractivity contribution in [1.29, 1.82) is 0 Å². The summed E-state index contributed by atoms with van der Waals surface area (Å²) < 4.78 is 55.3. The van der Waals surface area contributed by atoms with E-state index in [2.05, 4.69) is 5.32 Å². The number of halogens is 1. The zero-order chi connectivity index (χ0) is 23.0. The number of carbonyl (C=O) groups is 1. The van der Waals surface area contributed by atoms with E-state index >= 15 is 4.39 Å².